The van der Waals surface area contributed by atoms with Crippen molar-refractivity contribution < 1.29 is 0 Å². The third kappa shape index (κ3) is 1.81. The Balaban J connectivity index is 2.12. The predicted molar refractivity (Wildman–Crippen MR) is 60.3 cm³/mol. The molecule has 0 aromatic carbocycles. The van der Waals surface area contributed by atoms with Crippen molar-refractivity contribution in [1.29, 1.82) is 0 Å². The van der Waals surface area contributed by atoms with Crippen LogP contribution in [0, 0.1) is 0 Å². The highest BCUT2D eigenvalue weighted by Crippen LogP contribution is 2.48. The van der Waals surface area contributed by atoms with E-state index in [1.807, 2.05) is 31.2 Å². The van der Waals surface area contributed by atoms with Crippen molar-refractivity contribution in [3.8, 4) is 0 Å². The lowest BCUT2D eigenvalue weighted by molar-refractivity contribution is 0.602. The van der Waals surface area contributed by atoms with Crippen molar-refractivity contribution in [3.63, 3.8) is 0 Å². The zero-order valence-corrected chi connectivity index (χ0v) is 9.55. The van der Waals surface area contributed by atoms with Gasteiger partial charge in [0.05, 0.1) is 12.0 Å². The Kier molecular flexibility index (Phi) is 2.58. The second kappa shape index (κ2) is 3.59. The molecular formula is C10H17N3S. The van der Waals surface area contributed by atoms with Gasteiger partial charge in [0.15, 0.2) is 0 Å². The first-order valence-corrected chi connectivity index (χ1v) is 6.20. The van der Waals surface area contributed by atoms with Crippen molar-refractivity contribution in [2.45, 2.75) is 37.1 Å². The van der Waals surface area contributed by atoms with Crippen molar-refractivity contribution in [1.82, 2.24) is 9.55 Å². The Morgan fingerprint density at radius 2 is 2.43 bits per heavy atom. The van der Waals surface area contributed by atoms with Gasteiger partial charge in [-0.05, 0) is 26.0 Å². The summed E-state index contributed by atoms with van der Waals surface area (Å²) < 4.78 is 2.68. The number of rotatable bonds is 4. The molecular weight excluding hydrogens is 194 g/mol. The first-order valence-electron chi connectivity index (χ1n) is 4.98. The molecule has 1 unspecified atom stereocenters. The van der Waals surface area contributed by atoms with Gasteiger partial charge in [-0.1, -0.05) is 0 Å². The minimum Gasteiger partial charge on any atom is -0.332 e. The van der Waals surface area contributed by atoms with E-state index in [0.717, 1.165) is 12.2 Å². The minimum absolute atomic E-state index is 0.0788. The van der Waals surface area contributed by atoms with Crippen LogP contribution in [-0.2, 0) is 6.54 Å². The number of nitrogens with zero attached hydrogens (tertiary/aromatic N) is 2. The Hall–Kier alpha value is -0.480. The Bertz CT molecular complexity index is 315. The van der Waals surface area contributed by atoms with Crippen LogP contribution in [-0.4, -0.2) is 20.6 Å². The van der Waals surface area contributed by atoms with E-state index in [2.05, 4.69) is 15.8 Å². The Morgan fingerprint density at radius 1 is 1.71 bits per heavy atom. The van der Waals surface area contributed by atoms with E-state index in [9.17, 15) is 0 Å². The lowest BCUT2D eigenvalue weighted by atomic mass is 10.2. The highest BCUT2D eigenvalue weighted by molar-refractivity contribution is 8.00. The number of aromatic nitrogens is 2. The summed E-state index contributed by atoms with van der Waals surface area (Å²) in [6.07, 6.45) is 8.61. The van der Waals surface area contributed by atoms with Gasteiger partial charge in [-0.3, -0.25) is 0 Å². The zero-order valence-electron chi connectivity index (χ0n) is 8.73. The van der Waals surface area contributed by atoms with Gasteiger partial charge in [0, 0.05) is 23.5 Å². The van der Waals surface area contributed by atoms with Gasteiger partial charge in [-0.15, -0.1) is 0 Å². The summed E-state index contributed by atoms with van der Waals surface area (Å²) >= 11 is 1.97. The Morgan fingerprint density at radius 3 is 2.93 bits per heavy atom. The summed E-state index contributed by atoms with van der Waals surface area (Å²) in [5, 5.41) is 0. The molecule has 1 aromatic heterocycles. The van der Waals surface area contributed by atoms with E-state index >= 15 is 0 Å². The molecule has 0 aliphatic heterocycles. The van der Waals surface area contributed by atoms with Crippen LogP contribution in [0.15, 0.2) is 12.5 Å². The fraction of sp³-hybridized carbons (Fsp3) is 0.700. The SMILES string of the molecule is CSC1(Cn2cncc2C(C)N)CC1. The van der Waals surface area contributed by atoms with Crippen molar-refractivity contribution in [2.75, 3.05) is 6.26 Å². The van der Waals surface area contributed by atoms with E-state index in [0.29, 0.717) is 4.75 Å². The zero-order chi connectivity index (χ0) is 10.2. The summed E-state index contributed by atoms with van der Waals surface area (Å²) in [4.78, 5) is 4.16. The normalized spacial score (nSPS) is 20.8. The molecule has 0 amide bonds. The molecule has 1 saturated carbocycles. The number of thioether (sulfide) groups is 1. The summed E-state index contributed by atoms with van der Waals surface area (Å²) in [5.74, 6) is 0. The summed E-state index contributed by atoms with van der Waals surface area (Å²) in [6.45, 7) is 3.07. The van der Waals surface area contributed by atoms with Crippen LogP contribution < -0.4 is 5.73 Å². The molecule has 1 aliphatic rings. The van der Waals surface area contributed by atoms with Gasteiger partial charge in [-0.2, -0.15) is 11.8 Å². The molecule has 4 heteroatoms. The molecule has 1 atom stereocenters. The van der Waals surface area contributed by atoms with E-state index in [4.69, 9.17) is 5.73 Å². The van der Waals surface area contributed by atoms with Gasteiger partial charge in [0.2, 0.25) is 0 Å². The molecule has 14 heavy (non-hydrogen) atoms. The average Bonchev–Trinajstić information content (AvgIpc) is 2.76. The van der Waals surface area contributed by atoms with Gasteiger partial charge in [0.1, 0.15) is 0 Å². The second-order valence-corrected chi connectivity index (χ2v) is 5.40. The monoisotopic (exact) mass is 211 g/mol. The molecule has 0 spiro atoms. The molecule has 0 radical (unpaired) electrons. The largest absolute Gasteiger partial charge is 0.332 e. The smallest absolute Gasteiger partial charge is 0.0949 e. The minimum atomic E-state index is 0.0788. The molecule has 1 heterocycles. The van der Waals surface area contributed by atoms with E-state index in [1.165, 1.54) is 12.8 Å². The predicted octanol–water partition coefficient (Wildman–Crippen LogP) is 1.80. The average molecular weight is 211 g/mol. The lowest BCUT2D eigenvalue weighted by Crippen LogP contribution is -2.18. The quantitative estimate of drug-likeness (QED) is 0.826. The molecule has 0 saturated heterocycles. The first kappa shape index (κ1) is 10.1. The third-order valence-electron chi connectivity index (χ3n) is 2.91. The molecule has 78 valence electrons. The van der Waals surface area contributed by atoms with Crippen LogP contribution in [0.3, 0.4) is 0 Å². The lowest BCUT2D eigenvalue weighted by Gasteiger charge is -2.16. The number of hydrogen-bond donors (Lipinski definition) is 1. The maximum Gasteiger partial charge on any atom is 0.0949 e. The van der Waals surface area contributed by atoms with Gasteiger partial charge < -0.3 is 10.3 Å². The van der Waals surface area contributed by atoms with Crippen molar-refractivity contribution in [2.24, 2.45) is 5.73 Å². The summed E-state index contributed by atoms with van der Waals surface area (Å²) in [5.41, 5.74) is 7.02. The molecule has 1 aromatic rings. The number of imidazole rings is 1. The van der Waals surface area contributed by atoms with E-state index in [1.54, 1.807) is 0 Å². The fourth-order valence-corrected chi connectivity index (χ4v) is 2.50. The fourth-order valence-electron chi connectivity index (χ4n) is 1.72. The first-order chi connectivity index (χ1) is 6.67. The van der Waals surface area contributed by atoms with Crippen molar-refractivity contribution in [3.05, 3.63) is 18.2 Å². The van der Waals surface area contributed by atoms with Crippen LogP contribution in [0.25, 0.3) is 0 Å². The van der Waals surface area contributed by atoms with Gasteiger partial charge >= 0.3 is 0 Å². The standard InChI is InChI=1S/C10H17N3S/c1-8(11)9-5-12-7-13(9)6-10(14-2)3-4-10/h5,7-8H,3-4,6,11H2,1-2H3. The highest BCUT2D eigenvalue weighted by atomic mass is 32.2. The number of nitrogens with two attached hydrogens (primary N) is 1. The highest BCUT2D eigenvalue weighted by Gasteiger charge is 2.42. The van der Waals surface area contributed by atoms with Crippen LogP contribution in [0.4, 0.5) is 0 Å². The topological polar surface area (TPSA) is 43.8 Å². The number of hydrogen-bond acceptors (Lipinski definition) is 3. The van der Waals surface area contributed by atoms with Gasteiger partial charge in [-0.25, -0.2) is 4.98 Å². The molecule has 0 bridgehead atoms. The molecule has 1 fully saturated rings. The van der Waals surface area contributed by atoms with Crippen LogP contribution in [0.5, 0.6) is 0 Å². The van der Waals surface area contributed by atoms with Gasteiger partial charge in [0.25, 0.3) is 0 Å². The Labute approximate surface area is 89.1 Å². The summed E-state index contributed by atoms with van der Waals surface area (Å²) in [7, 11) is 0. The molecule has 2 N–H and O–H groups in total. The van der Waals surface area contributed by atoms with Crippen LogP contribution in [0.2, 0.25) is 0 Å². The maximum atomic E-state index is 5.87. The van der Waals surface area contributed by atoms with Crippen LogP contribution >= 0.6 is 11.8 Å². The van der Waals surface area contributed by atoms with Crippen molar-refractivity contribution >= 4 is 11.8 Å². The molecule has 2 rings (SSSR count). The third-order valence-corrected chi connectivity index (χ3v) is 4.31. The van der Waals surface area contributed by atoms with Crippen LogP contribution in [0.1, 0.15) is 31.5 Å². The van der Waals surface area contributed by atoms with E-state index < -0.39 is 0 Å². The molecule has 1 aliphatic carbocycles. The second-order valence-electron chi connectivity index (χ2n) is 4.12. The maximum absolute atomic E-state index is 5.87. The summed E-state index contributed by atoms with van der Waals surface area (Å²) in [6, 6.07) is 0.0788. The molecule has 3 nitrogen and oxygen atoms in total. The van der Waals surface area contributed by atoms with E-state index in [-0.39, 0.29) is 6.04 Å².